The highest BCUT2D eigenvalue weighted by atomic mass is 14.9. The lowest BCUT2D eigenvalue weighted by atomic mass is 9.96. The van der Waals surface area contributed by atoms with Crippen LogP contribution in [-0.4, -0.2) is 0 Å². The Balaban J connectivity index is 2.98. The van der Waals surface area contributed by atoms with Crippen LogP contribution in [0.3, 0.4) is 0 Å². The zero-order chi connectivity index (χ0) is 19.0. The second-order valence-corrected chi connectivity index (χ2v) is 6.95. The lowest BCUT2D eigenvalue weighted by Crippen LogP contribution is -2.13. The molecule has 0 aliphatic heterocycles. The molecule has 0 spiro atoms. The van der Waals surface area contributed by atoms with Crippen LogP contribution in [0.1, 0.15) is 70.1 Å². The minimum absolute atomic E-state index is 0.905. The first kappa shape index (κ1) is 21.0. The van der Waals surface area contributed by atoms with E-state index >= 15 is 0 Å². The zero-order valence-corrected chi connectivity index (χ0v) is 16.9. The van der Waals surface area contributed by atoms with Gasteiger partial charge in [0, 0.05) is 17.0 Å². The van der Waals surface area contributed by atoms with E-state index in [1.807, 2.05) is 0 Å². The molecule has 0 fully saturated rings. The average Bonchev–Trinajstić information content (AvgIpc) is 2.59. The van der Waals surface area contributed by atoms with Crippen LogP contribution in [-0.2, 0) is 6.42 Å². The normalized spacial score (nSPS) is 11.7. The van der Waals surface area contributed by atoms with Crippen LogP contribution >= 0.6 is 0 Å². The predicted molar refractivity (Wildman–Crippen MR) is 114 cm³/mol. The molecule has 1 aromatic rings. The summed E-state index contributed by atoms with van der Waals surface area (Å²) >= 11 is 0. The Morgan fingerprint density at radius 3 is 2.28 bits per heavy atom. The molecular weight excluding hydrogens is 302 g/mol. The highest BCUT2D eigenvalue weighted by Gasteiger charge is 2.10. The Labute approximate surface area is 155 Å². The fourth-order valence-corrected chi connectivity index (χ4v) is 2.88. The summed E-state index contributed by atoms with van der Waals surface area (Å²) in [5.41, 5.74) is 9.20. The molecule has 0 amide bonds. The molecule has 0 aliphatic carbocycles. The minimum atomic E-state index is 0.905. The third kappa shape index (κ3) is 6.08. The first-order chi connectivity index (χ1) is 11.8. The Hall–Kier alpha value is -2.02. The van der Waals surface area contributed by atoms with Gasteiger partial charge in [-0.1, -0.05) is 69.7 Å². The van der Waals surface area contributed by atoms with Crippen LogP contribution in [0.25, 0.3) is 5.70 Å². The fraction of sp³-hybridized carbons (Fsp3) is 0.417. The van der Waals surface area contributed by atoms with Gasteiger partial charge in [0.2, 0.25) is 0 Å². The molecule has 1 N–H and O–H groups in total. The maximum atomic E-state index is 4.28. The van der Waals surface area contributed by atoms with Gasteiger partial charge in [0.1, 0.15) is 0 Å². The van der Waals surface area contributed by atoms with Crippen LogP contribution in [0.4, 0.5) is 0 Å². The van der Waals surface area contributed by atoms with Gasteiger partial charge in [-0.3, -0.25) is 0 Å². The minimum Gasteiger partial charge on any atom is -0.356 e. The molecule has 0 saturated heterocycles. The third-order valence-corrected chi connectivity index (χ3v) is 4.79. The van der Waals surface area contributed by atoms with Gasteiger partial charge < -0.3 is 5.32 Å². The Morgan fingerprint density at radius 2 is 1.68 bits per heavy atom. The molecule has 1 nitrogen and oxygen atoms in total. The van der Waals surface area contributed by atoms with Gasteiger partial charge in [0.15, 0.2) is 0 Å². The first-order valence-electron chi connectivity index (χ1n) is 9.42. The largest absolute Gasteiger partial charge is 0.356 e. The molecule has 0 saturated carbocycles. The quantitative estimate of drug-likeness (QED) is 0.449. The van der Waals surface area contributed by atoms with Gasteiger partial charge in [-0.15, -0.1) is 0 Å². The second-order valence-electron chi connectivity index (χ2n) is 6.95. The summed E-state index contributed by atoms with van der Waals surface area (Å²) in [7, 11) is 0. The maximum absolute atomic E-state index is 4.28. The first-order valence-corrected chi connectivity index (χ1v) is 9.42. The monoisotopic (exact) mass is 337 g/mol. The fourth-order valence-electron chi connectivity index (χ4n) is 2.88. The summed E-state index contributed by atoms with van der Waals surface area (Å²) in [4.78, 5) is 0. The summed E-state index contributed by atoms with van der Waals surface area (Å²) in [6, 6.07) is 6.63. The Kier molecular flexibility index (Phi) is 8.48. The van der Waals surface area contributed by atoms with Gasteiger partial charge in [-0.2, -0.15) is 0 Å². The van der Waals surface area contributed by atoms with Crippen LogP contribution in [0.2, 0.25) is 0 Å². The van der Waals surface area contributed by atoms with Crippen LogP contribution in [0, 0.1) is 6.92 Å². The van der Waals surface area contributed by atoms with Gasteiger partial charge in [-0.25, -0.2) is 0 Å². The van der Waals surface area contributed by atoms with Crippen molar-refractivity contribution in [2.24, 2.45) is 0 Å². The zero-order valence-electron chi connectivity index (χ0n) is 16.9. The Bertz CT molecular complexity index is 673. The highest BCUT2D eigenvalue weighted by Crippen LogP contribution is 2.24. The van der Waals surface area contributed by atoms with E-state index in [1.165, 1.54) is 40.7 Å². The summed E-state index contributed by atoms with van der Waals surface area (Å²) in [5.74, 6) is 0. The number of nitrogens with one attached hydrogen (secondary N) is 1. The molecular formula is C24H35N. The van der Waals surface area contributed by atoms with E-state index in [4.69, 9.17) is 0 Å². The lowest BCUT2D eigenvalue weighted by molar-refractivity contribution is 0.792. The number of unbranched alkanes of at least 4 members (excludes halogenated alkanes) is 1. The second kappa shape index (κ2) is 10.1. The van der Waals surface area contributed by atoms with Crippen molar-refractivity contribution in [1.82, 2.24) is 5.32 Å². The molecule has 0 unspecified atom stereocenters. The highest BCUT2D eigenvalue weighted by molar-refractivity contribution is 5.68. The molecule has 1 aromatic carbocycles. The van der Waals surface area contributed by atoms with Gasteiger partial charge >= 0.3 is 0 Å². The van der Waals surface area contributed by atoms with Crippen molar-refractivity contribution in [3.05, 3.63) is 77.0 Å². The van der Waals surface area contributed by atoms with Crippen molar-refractivity contribution < 1.29 is 0 Å². The number of aryl methyl sites for hydroxylation is 2. The van der Waals surface area contributed by atoms with E-state index in [2.05, 4.69) is 77.9 Å². The Morgan fingerprint density at radius 1 is 1.00 bits per heavy atom. The predicted octanol–water partition coefficient (Wildman–Crippen LogP) is 7.10. The molecule has 1 heteroatoms. The van der Waals surface area contributed by atoms with Crippen LogP contribution in [0.5, 0.6) is 0 Å². The van der Waals surface area contributed by atoms with Crippen molar-refractivity contribution in [2.75, 3.05) is 0 Å². The van der Waals surface area contributed by atoms with E-state index in [1.54, 1.807) is 0 Å². The van der Waals surface area contributed by atoms with Crippen molar-refractivity contribution >= 4 is 5.70 Å². The third-order valence-electron chi connectivity index (χ3n) is 4.79. The lowest BCUT2D eigenvalue weighted by Gasteiger charge is -2.19. The topological polar surface area (TPSA) is 12.0 Å². The molecule has 25 heavy (non-hydrogen) atoms. The van der Waals surface area contributed by atoms with Crippen molar-refractivity contribution in [2.45, 2.75) is 66.7 Å². The number of hydrogen-bond acceptors (Lipinski definition) is 1. The summed E-state index contributed by atoms with van der Waals surface area (Å²) < 4.78 is 0. The maximum Gasteiger partial charge on any atom is 0.0387 e. The molecule has 0 aromatic heterocycles. The van der Waals surface area contributed by atoms with Crippen molar-refractivity contribution in [3.63, 3.8) is 0 Å². The van der Waals surface area contributed by atoms with E-state index in [9.17, 15) is 0 Å². The molecule has 0 radical (unpaired) electrons. The molecule has 0 bridgehead atoms. The van der Waals surface area contributed by atoms with Gasteiger partial charge in [-0.05, 0) is 62.8 Å². The number of benzene rings is 1. The summed E-state index contributed by atoms with van der Waals surface area (Å²) in [6.07, 6.45) is 5.61. The van der Waals surface area contributed by atoms with Crippen molar-refractivity contribution in [3.8, 4) is 0 Å². The number of hydrogen-bond donors (Lipinski definition) is 1. The summed E-state index contributed by atoms with van der Waals surface area (Å²) in [5, 5.41) is 3.43. The van der Waals surface area contributed by atoms with E-state index < -0.39 is 0 Å². The average molecular weight is 338 g/mol. The SMILES string of the molecule is C=C(CCC)/C(C)=C(\C)C(=C)NC(=C)c1cc(C)ccc1CCCC. The molecule has 0 aliphatic rings. The molecule has 136 valence electrons. The van der Waals surface area contributed by atoms with Crippen LogP contribution < -0.4 is 5.32 Å². The van der Waals surface area contributed by atoms with E-state index in [0.29, 0.717) is 0 Å². The van der Waals surface area contributed by atoms with E-state index in [0.717, 1.165) is 36.2 Å². The van der Waals surface area contributed by atoms with Gasteiger partial charge in [0.05, 0.1) is 0 Å². The summed E-state index contributed by atoms with van der Waals surface area (Å²) in [6.45, 7) is 23.5. The smallest absolute Gasteiger partial charge is 0.0387 e. The standard InChI is InChI=1S/C24H35N/c1-9-11-13-23-15-14-17(3)16-24(23)22(8)25-21(7)20(6)19(5)18(4)12-10-2/h14-16,25H,4,7-13H2,1-3,5-6H3/b20-19+. The van der Waals surface area contributed by atoms with Crippen molar-refractivity contribution in [1.29, 1.82) is 0 Å². The van der Waals surface area contributed by atoms with Gasteiger partial charge in [0.25, 0.3) is 0 Å². The molecule has 1 rings (SSSR count). The number of rotatable bonds is 10. The van der Waals surface area contributed by atoms with Crippen LogP contribution in [0.15, 0.2) is 60.4 Å². The molecule has 0 atom stereocenters. The van der Waals surface area contributed by atoms with E-state index in [-0.39, 0.29) is 0 Å². The molecule has 0 heterocycles. The number of allylic oxidation sites excluding steroid dienone is 3.